The van der Waals surface area contributed by atoms with Crippen LogP contribution in [0.4, 0.5) is 5.69 Å². The van der Waals surface area contributed by atoms with Crippen molar-refractivity contribution in [1.29, 1.82) is 0 Å². The Kier molecular flexibility index (Phi) is 5.52. The van der Waals surface area contributed by atoms with E-state index in [9.17, 15) is 4.79 Å². The minimum absolute atomic E-state index is 0.0579. The highest BCUT2D eigenvalue weighted by Crippen LogP contribution is 2.34. The molecule has 29 heavy (non-hydrogen) atoms. The molecule has 1 aliphatic heterocycles. The van der Waals surface area contributed by atoms with E-state index in [4.69, 9.17) is 4.74 Å². The molecular formula is C25H26N2O2. The number of amides is 1. The van der Waals surface area contributed by atoms with Gasteiger partial charge >= 0.3 is 0 Å². The van der Waals surface area contributed by atoms with Gasteiger partial charge in [-0.25, -0.2) is 0 Å². The second kappa shape index (κ2) is 8.39. The molecule has 0 spiro atoms. The van der Waals surface area contributed by atoms with Gasteiger partial charge in [-0.1, -0.05) is 54.6 Å². The lowest BCUT2D eigenvalue weighted by Gasteiger charge is -2.40. The number of rotatable bonds is 6. The van der Waals surface area contributed by atoms with E-state index in [1.807, 2.05) is 85.5 Å². The van der Waals surface area contributed by atoms with E-state index in [0.717, 1.165) is 29.0 Å². The molecule has 0 radical (unpaired) electrons. The van der Waals surface area contributed by atoms with E-state index in [1.165, 1.54) is 5.56 Å². The van der Waals surface area contributed by atoms with E-state index in [0.29, 0.717) is 6.61 Å². The van der Waals surface area contributed by atoms with Crippen LogP contribution in [0.15, 0.2) is 78.9 Å². The summed E-state index contributed by atoms with van der Waals surface area (Å²) >= 11 is 0. The average Bonchev–Trinajstić information content (AvgIpc) is 2.75. The lowest BCUT2D eigenvalue weighted by atomic mass is 10.0. The second-order valence-electron chi connectivity index (χ2n) is 7.55. The molecule has 3 aromatic carbocycles. The Morgan fingerprint density at radius 3 is 2.34 bits per heavy atom. The van der Waals surface area contributed by atoms with Crippen LogP contribution < -0.4 is 10.1 Å². The highest BCUT2D eigenvalue weighted by atomic mass is 16.5. The van der Waals surface area contributed by atoms with E-state index < -0.39 is 0 Å². The van der Waals surface area contributed by atoms with Crippen LogP contribution in [0.1, 0.15) is 41.5 Å². The van der Waals surface area contributed by atoms with Crippen molar-refractivity contribution in [2.75, 3.05) is 11.9 Å². The van der Waals surface area contributed by atoms with Crippen LogP contribution in [0.5, 0.6) is 5.75 Å². The molecule has 0 bridgehead atoms. The largest absolute Gasteiger partial charge is 0.493 e. The standard InChI is InChI=1S/C25H26N2O2/c1-18(2)27-24(26-23-11-7-6-10-22(23)25(27)28)20-12-14-21(15-13-20)29-17-16-19-8-4-3-5-9-19/h3-15,18,24,26H,16-17H2,1-2H3. The molecule has 1 atom stereocenters. The number of nitrogens with zero attached hydrogens (tertiary/aromatic N) is 1. The minimum Gasteiger partial charge on any atom is -0.493 e. The number of carbonyl (C=O) groups is 1. The molecule has 0 saturated heterocycles. The fourth-order valence-corrected chi connectivity index (χ4v) is 3.72. The summed E-state index contributed by atoms with van der Waals surface area (Å²) in [5.74, 6) is 0.894. The fourth-order valence-electron chi connectivity index (χ4n) is 3.72. The molecule has 1 amide bonds. The molecular weight excluding hydrogens is 360 g/mol. The summed E-state index contributed by atoms with van der Waals surface area (Å²) in [6.45, 7) is 4.72. The van der Waals surface area contributed by atoms with Gasteiger partial charge in [0, 0.05) is 18.2 Å². The van der Waals surface area contributed by atoms with Crippen molar-refractivity contribution in [1.82, 2.24) is 4.90 Å². The van der Waals surface area contributed by atoms with Gasteiger partial charge in [0.1, 0.15) is 11.9 Å². The van der Waals surface area contributed by atoms with Crippen molar-refractivity contribution in [3.8, 4) is 5.75 Å². The lowest BCUT2D eigenvalue weighted by Crippen LogP contribution is -2.46. The predicted molar refractivity (Wildman–Crippen MR) is 116 cm³/mol. The minimum atomic E-state index is -0.198. The first kappa shape index (κ1) is 19.1. The molecule has 0 fully saturated rings. The van der Waals surface area contributed by atoms with Crippen molar-refractivity contribution in [2.45, 2.75) is 32.5 Å². The van der Waals surface area contributed by atoms with E-state index >= 15 is 0 Å². The summed E-state index contributed by atoms with van der Waals surface area (Å²) in [5.41, 5.74) is 3.90. The number of nitrogens with one attached hydrogen (secondary N) is 1. The number of carbonyl (C=O) groups excluding carboxylic acids is 1. The summed E-state index contributed by atoms with van der Waals surface area (Å²) in [7, 11) is 0. The molecule has 3 aromatic rings. The first-order valence-corrected chi connectivity index (χ1v) is 10.1. The molecule has 4 nitrogen and oxygen atoms in total. The van der Waals surface area contributed by atoms with Crippen LogP contribution in [0.3, 0.4) is 0 Å². The number of hydrogen-bond donors (Lipinski definition) is 1. The molecule has 1 unspecified atom stereocenters. The first-order valence-electron chi connectivity index (χ1n) is 10.1. The average molecular weight is 386 g/mol. The smallest absolute Gasteiger partial charge is 0.258 e. The molecule has 1 N–H and O–H groups in total. The van der Waals surface area contributed by atoms with Gasteiger partial charge in [0.15, 0.2) is 0 Å². The van der Waals surface area contributed by atoms with Gasteiger partial charge in [-0.15, -0.1) is 0 Å². The summed E-state index contributed by atoms with van der Waals surface area (Å²) in [4.78, 5) is 14.9. The topological polar surface area (TPSA) is 41.6 Å². The lowest BCUT2D eigenvalue weighted by molar-refractivity contribution is 0.0617. The quantitative estimate of drug-likeness (QED) is 0.626. The molecule has 4 heteroatoms. The van der Waals surface area contributed by atoms with Crippen molar-refractivity contribution in [2.24, 2.45) is 0 Å². The van der Waals surface area contributed by atoms with E-state index in [-0.39, 0.29) is 18.1 Å². The Morgan fingerprint density at radius 2 is 1.62 bits per heavy atom. The molecule has 0 saturated carbocycles. The Morgan fingerprint density at radius 1 is 0.931 bits per heavy atom. The van der Waals surface area contributed by atoms with E-state index in [2.05, 4.69) is 17.4 Å². The van der Waals surface area contributed by atoms with Gasteiger partial charge < -0.3 is 15.0 Å². The van der Waals surface area contributed by atoms with Gasteiger partial charge in [-0.05, 0) is 49.2 Å². The van der Waals surface area contributed by atoms with Crippen LogP contribution in [-0.4, -0.2) is 23.5 Å². The predicted octanol–water partition coefficient (Wildman–Crippen LogP) is 5.28. The number of para-hydroxylation sites is 1. The zero-order valence-corrected chi connectivity index (χ0v) is 16.8. The Hall–Kier alpha value is -3.27. The van der Waals surface area contributed by atoms with E-state index in [1.54, 1.807) is 0 Å². The fraction of sp³-hybridized carbons (Fsp3) is 0.240. The molecule has 148 valence electrons. The van der Waals surface area contributed by atoms with Gasteiger partial charge in [0.2, 0.25) is 0 Å². The zero-order chi connectivity index (χ0) is 20.2. The molecule has 0 aromatic heterocycles. The number of benzene rings is 3. The highest BCUT2D eigenvalue weighted by Gasteiger charge is 2.34. The summed E-state index contributed by atoms with van der Waals surface area (Å²) < 4.78 is 5.90. The van der Waals surface area contributed by atoms with Gasteiger partial charge in [-0.2, -0.15) is 0 Å². The third kappa shape index (κ3) is 4.11. The number of ether oxygens (including phenoxy) is 1. The second-order valence-corrected chi connectivity index (χ2v) is 7.55. The maximum atomic E-state index is 13.0. The maximum absolute atomic E-state index is 13.0. The third-order valence-corrected chi connectivity index (χ3v) is 5.22. The Labute approximate surface area is 172 Å². The molecule has 1 aliphatic rings. The van der Waals surface area contributed by atoms with Crippen LogP contribution in [0, 0.1) is 0 Å². The van der Waals surface area contributed by atoms with Gasteiger partial charge in [0.05, 0.1) is 12.2 Å². The zero-order valence-electron chi connectivity index (χ0n) is 16.8. The van der Waals surface area contributed by atoms with Crippen LogP contribution in [-0.2, 0) is 6.42 Å². The van der Waals surface area contributed by atoms with Crippen LogP contribution >= 0.6 is 0 Å². The first-order chi connectivity index (χ1) is 14.1. The van der Waals surface area contributed by atoms with Crippen molar-refractivity contribution < 1.29 is 9.53 Å². The van der Waals surface area contributed by atoms with Gasteiger partial charge in [0.25, 0.3) is 5.91 Å². The third-order valence-electron chi connectivity index (χ3n) is 5.22. The number of anilines is 1. The maximum Gasteiger partial charge on any atom is 0.258 e. The number of hydrogen-bond acceptors (Lipinski definition) is 3. The summed E-state index contributed by atoms with van der Waals surface area (Å²) in [5, 5.41) is 3.52. The SMILES string of the molecule is CC(C)N1C(=O)c2ccccc2NC1c1ccc(OCCc2ccccc2)cc1. The summed E-state index contributed by atoms with van der Waals surface area (Å²) in [6, 6.07) is 26.1. The highest BCUT2D eigenvalue weighted by molar-refractivity contribution is 6.01. The van der Waals surface area contributed by atoms with Gasteiger partial charge in [-0.3, -0.25) is 4.79 Å². The Bertz CT molecular complexity index is 968. The monoisotopic (exact) mass is 386 g/mol. The van der Waals surface area contributed by atoms with Crippen molar-refractivity contribution in [3.63, 3.8) is 0 Å². The van der Waals surface area contributed by atoms with Crippen LogP contribution in [0.25, 0.3) is 0 Å². The molecule has 1 heterocycles. The number of fused-ring (bicyclic) bond motifs is 1. The van der Waals surface area contributed by atoms with Crippen molar-refractivity contribution >= 4 is 11.6 Å². The normalized spacial score (nSPS) is 15.8. The van der Waals surface area contributed by atoms with Crippen LogP contribution in [0.2, 0.25) is 0 Å². The Balaban J connectivity index is 1.48. The summed E-state index contributed by atoms with van der Waals surface area (Å²) in [6.07, 6.45) is 0.676. The molecule has 4 rings (SSSR count). The molecule has 0 aliphatic carbocycles. The van der Waals surface area contributed by atoms with Crippen molar-refractivity contribution in [3.05, 3.63) is 95.6 Å².